The molecule has 0 amide bonds. The number of carbonyl (C=O) groups is 1. The van der Waals surface area contributed by atoms with E-state index in [9.17, 15) is 15.0 Å². The number of ether oxygens (including phenoxy) is 1. The topological polar surface area (TPSA) is 95.8 Å². The van der Waals surface area contributed by atoms with Gasteiger partial charge in [-0.05, 0) is 49.6 Å². The van der Waals surface area contributed by atoms with Crippen LogP contribution in [0.1, 0.15) is 17.7 Å². The summed E-state index contributed by atoms with van der Waals surface area (Å²) >= 11 is 0. The highest BCUT2D eigenvalue weighted by Gasteiger charge is 2.49. The van der Waals surface area contributed by atoms with Crippen LogP contribution in [0, 0.1) is 12.3 Å². The summed E-state index contributed by atoms with van der Waals surface area (Å²) in [5.74, 6) is 0.269. The molecule has 1 aliphatic heterocycles. The molecule has 0 unspecified atom stereocenters. The van der Waals surface area contributed by atoms with Gasteiger partial charge in [-0.2, -0.15) is 5.10 Å². The second kappa shape index (κ2) is 7.29. The Bertz CT molecular complexity index is 781. The molecule has 7 nitrogen and oxygen atoms in total. The lowest BCUT2D eigenvalue weighted by Gasteiger charge is -2.43. The zero-order chi connectivity index (χ0) is 18.7. The Balaban J connectivity index is 1.91. The van der Waals surface area contributed by atoms with E-state index in [1.54, 1.807) is 7.11 Å². The molecular weight excluding hydrogens is 334 g/mol. The van der Waals surface area contributed by atoms with Gasteiger partial charge in [0.1, 0.15) is 11.2 Å². The molecule has 1 fully saturated rings. The van der Waals surface area contributed by atoms with Crippen LogP contribution in [-0.2, 0) is 11.2 Å². The van der Waals surface area contributed by atoms with Crippen molar-refractivity contribution in [2.45, 2.75) is 25.9 Å². The first-order chi connectivity index (χ1) is 12.4. The molecule has 2 heterocycles. The Morgan fingerprint density at radius 3 is 2.81 bits per heavy atom. The van der Waals surface area contributed by atoms with Crippen LogP contribution in [-0.4, -0.2) is 52.7 Å². The number of aliphatic hydroxyl groups excluding tert-OH is 1. The minimum Gasteiger partial charge on any atom is -0.497 e. The molecule has 1 aromatic heterocycles. The number of aliphatic carboxylic acids is 1. The minimum absolute atomic E-state index is 0.165. The Hall–Kier alpha value is -2.67. The number of anilines is 1. The SMILES string of the molecule is COc1cccc(C[C@@]2(C(=O)O)CN(c3ccc(C)nn3)CC[C@@H]2O)c1. The Labute approximate surface area is 152 Å². The zero-order valence-electron chi connectivity index (χ0n) is 14.9. The predicted molar refractivity (Wildman–Crippen MR) is 96.4 cm³/mol. The van der Waals surface area contributed by atoms with Gasteiger partial charge >= 0.3 is 5.97 Å². The molecule has 2 aromatic rings. The first-order valence-corrected chi connectivity index (χ1v) is 8.54. The summed E-state index contributed by atoms with van der Waals surface area (Å²) in [4.78, 5) is 14.1. The number of hydrogen-bond acceptors (Lipinski definition) is 6. The van der Waals surface area contributed by atoms with E-state index in [0.717, 1.165) is 11.3 Å². The maximum absolute atomic E-state index is 12.2. The lowest BCUT2D eigenvalue weighted by atomic mass is 9.73. The molecule has 0 saturated carbocycles. The third-order valence-corrected chi connectivity index (χ3v) is 4.97. The van der Waals surface area contributed by atoms with Crippen molar-refractivity contribution in [2.24, 2.45) is 5.41 Å². The number of aliphatic hydroxyl groups is 1. The first-order valence-electron chi connectivity index (χ1n) is 8.54. The predicted octanol–water partition coefficient (Wildman–Crippen LogP) is 1.68. The van der Waals surface area contributed by atoms with Crippen LogP contribution in [0.2, 0.25) is 0 Å². The summed E-state index contributed by atoms with van der Waals surface area (Å²) in [6.45, 7) is 2.55. The quantitative estimate of drug-likeness (QED) is 0.840. The molecular formula is C19H23N3O4. The third-order valence-electron chi connectivity index (χ3n) is 4.97. The summed E-state index contributed by atoms with van der Waals surface area (Å²) < 4.78 is 5.23. The van der Waals surface area contributed by atoms with Gasteiger partial charge in [0.05, 0.1) is 18.9 Å². The van der Waals surface area contributed by atoms with Gasteiger partial charge in [0, 0.05) is 13.1 Å². The monoisotopic (exact) mass is 357 g/mol. The normalized spacial score (nSPS) is 22.9. The molecule has 1 saturated heterocycles. The van der Waals surface area contributed by atoms with E-state index in [0.29, 0.717) is 24.5 Å². The molecule has 26 heavy (non-hydrogen) atoms. The lowest BCUT2D eigenvalue weighted by molar-refractivity contribution is -0.157. The number of rotatable bonds is 5. The summed E-state index contributed by atoms with van der Waals surface area (Å²) in [7, 11) is 1.57. The van der Waals surface area contributed by atoms with Crippen LogP contribution in [0.4, 0.5) is 5.82 Å². The van der Waals surface area contributed by atoms with Crippen LogP contribution in [0.3, 0.4) is 0 Å². The summed E-state index contributed by atoms with van der Waals surface area (Å²) in [5, 5.41) is 28.8. The Kier molecular flexibility index (Phi) is 5.08. The molecule has 7 heteroatoms. The van der Waals surface area contributed by atoms with Gasteiger partial charge in [-0.3, -0.25) is 4.79 Å². The number of aryl methyl sites for hydroxylation is 1. The van der Waals surface area contributed by atoms with Crippen LogP contribution < -0.4 is 9.64 Å². The lowest BCUT2D eigenvalue weighted by Crippen LogP contribution is -2.57. The van der Waals surface area contributed by atoms with Gasteiger partial charge in [-0.15, -0.1) is 5.10 Å². The summed E-state index contributed by atoms with van der Waals surface area (Å²) in [5.41, 5.74) is 0.284. The fourth-order valence-electron chi connectivity index (χ4n) is 3.44. The number of aromatic nitrogens is 2. The third kappa shape index (κ3) is 3.48. The molecule has 0 aliphatic carbocycles. The van der Waals surface area contributed by atoms with Gasteiger partial charge in [0.2, 0.25) is 0 Å². The number of piperidine rings is 1. The maximum atomic E-state index is 12.2. The molecule has 2 atom stereocenters. The minimum atomic E-state index is -1.32. The van der Waals surface area contributed by atoms with E-state index in [1.165, 1.54) is 0 Å². The molecule has 2 N–H and O–H groups in total. The van der Waals surface area contributed by atoms with E-state index >= 15 is 0 Å². The molecule has 0 radical (unpaired) electrons. The van der Waals surface area contributed by atoms with E-state index in [2.05, 4.69) is 10.2 Å². The zero-order valence-corrected chi connectivity index (χ0v) is 14.9. The number of carboxylic acid groups (broad SMARTS) is 1. The second-order valence-electron chi connectivity index (χ2n) is 6.75. The van der Waals surface area contributed by atoms with Crippen molar-refractivity contribution in [3.63, 3.8) is 0 Å². The van der Waals surface area contributed by atoms with Gasteiger partial charge < -0.3 is 19.8 Å². The molecule has 3 rings (SSSR count). The molecule has 0 spiro atoms. The van der Waals surface area contributed by atoms with Crippen molar-refractivity contribution in [3.8, 4) is 5.75 Å². The summed E-state index contributed by atoms with van der Waals surface area (Å²) in [6.07, 6.45) is -0.386. The molecule has 1 aliphatic rings. The van der Waals surface area contributed by atoms with Crippen molar-refractivity contribution in [1.82, 2.24) is 10.2 Å². The number of nitrogens with zero attached hydrogens (tertiary/aromatic N) is 3. The van der Waals surface area contributed by atoms with Crippen molar-refractivity contribution in [2.75, 3.05) is 25.1 Å². The van der Waals surface area contributed by atoms with Crippen molar-refractivity contribution in [1.29, 1.82) is 0 Å². The average molecular weight is 357 g/mol. The highest BCUT2D eigenvalue weighted by molar-refractivity contribution is 5.77. The molecule has 1 aromatic carbocycles. The smallest absolute Gasteiger partial charge is 0.314 e. The number of carboxylic acids is 1. The van der Waals surface area contributed by atoms with Gasteiger partial charge in [-0.25, -0.2) is 0 Å². The van der Waals surface area contributed by atoms with Crippen LogP contribution in [0.15, 0.2) is 36.4 Å². The highest BCUT2D eigenvalue weighted by Crippen LogP contribution is 2.36. The van der Waals surface area contributed by atoms with Gasteiger partial charge in [0.25, 0.3) is 0 Å². The Morgan fingerprint density at radius 1 is 1.35 bits per heavy atom. The number of benzene rings is 1. The largest absolute Gasteiger partial charge is 0.497 e. The maximum Gasteiger partial charge on any atom is 0.314 e. The second-order valence-corrected chi connectivity index (χ2v) is 6.75. The van der Waals surface area contributed by atoms with Crippen LogP contribution >= 0.6 is 0 Å². The van der Waals surface area contributed by atoms with Crippen molar-refractivity contribution >= 4 is 11.8 Å². The van der Waals surface area contributed by atoms with Crippen molar-refractivity contribution < 1.29 is 19.7 Å². The fraction of sp³-hybridized carbons (Fsp3) is 0.421. The van der Waals surface area contributed by atoms with Crippen LogP contribution in [0.25, 0.3) is 0 Å². The van der Waals surface area contributed by atoms with Gasteiger partial charge in [0.15, 0.2) is 5.82 Å². The van der Waals surface area contributed by atoms with Crippen LogP contribution in [0.5, 0.6) is 5.75 Å². The average Bonchev–Trinajstić information content (AvgIpc) is 2.64. The molecule has 0 bridgehead atoms. The van der Waals surface area contributed by atoms with E-state index in [4.69, 9.17) is 4.74 Å². The van der Waals surface area contributed by atoms with E-state index in [1.807, 2.05) is 48.2 Å². The van der Waals surface area contributed by atoms with E-state index in [-0.39, 0.29) is 13.0 Å². The van der Waals surface area contributed by atoms with Gasteiger partial charge in [-0.1, -0.05) is 12.1 Å². The van der Waals surface area contributed by atoms with Crippen molar-refractivity contribution in [3.05, 3.63) is 47.7 Å². The Morgan fingerprint density at radius 2 is 2.15 bits per heavy atom. The molecule has 138 valence electrons. The number of methoxy groups -OCH3 is 1. The first kappa shape index (κ1) is 18.1. The summed E-state index contributed by atoms with van der Waals surface area (Å²) in [6, 6.07) is 11.0. The fourth-order valence-corrected chi connectivity index (χ4v) is 3.44. The number of hydrogen-bond donors (Lipinski definition) is 2. The highest BCUT2D eigenvalue weighted by atomic mass is 16.5. The van der Waals surface area contributed by atoms with E-state index < -0.39 is 17.5 Å². The standard InChI is InChI=1S/C19H23N3O4/c1-13-6-7-17(21-20-13)22-9-8-16(23)19(12-22,18(24)25)11-14-4-3-5-15(10-14)26-2/h3-7,10,16,23H,8-9,11-12H2,1-2H3,(H,24,25)/t16-,19+/m0/s1.